The number of hydrogen-bond donors (Lipinski definition) is 0. The summed E-state index contributed by atoms with van der Waals surface area (Å²) in [4.78, 5) is 0. The van der Waals surface area contributed by atoms with Crippen molar-refractivity contribution >= 4 is 9.04 Å². The molecule has 3 heteroatoms. The molecule has 0 aromatic heterocycles. The smallest absolute Gasteiger partial charge is 0.227 e. The van der Waals surface area contributed by atoms with Crippen molar-refractivity contribution in [1.82, 2.24) is 0 Å². The lowest BCUT2D eigenvalue weighted by atomic mass is 10.8. The Morgan fingerprint density at radius 1 is 1.40 bits per heavy atom. The van der Waals surface area contributed by atoms with Gasteiger partial charge in [-0.3, -0.25) is 0 Å². The molecule has 0 heterocycles. The van der Waals surface area contributed by atoms with Crippen molar-refractivity contribution in [1.29, 1.82) is 0 Å². The molecule has 0 spiro atoms. The van der Waals surface area contributed by atoms with Crippen LogP contribution in [-0.2, 0) is 9.16 Å². The number of hydrogen-bond acceptors (Lipinski definition) is 2. The van der Waals surface area contributed by atoms with Gasteiger partial charge in [0.1, 0.15) is 6.29 Å². The maximum atomic E-state index is 5.38. The van der Waals surface area contributed by atoms with Gasteiger partial charge in [-0.15, -0.1) is 13.2 Å². The average molecular weight is 158 g/mol. The van der Waals surface area contributed by atoms with Crippen molar-refractivity contribution in [3.8, 4) is 0 Å². The molecule has 0 N–H and O–H groups in total. The van der Waals surface area contributed by atoms with E-state index < -0.39 is 9.04 Å². The van der Waals surface area contributed by atoms with Gasteiger partial charge in [-0.1, -0.05) is 11.4 Å². The molecule has 0 rings (SSSR count). The third-order valence-corrected chi connectivity index (χ3v) is 2.77. The van der Waals surface area contributed by atoms with E-state index in [1.807, 2.05) is 18.3 Å². The predicted octanol–water partition coefficient (Wildman–Crippen LogP) is 1.17. The van der Waals surface area contributed by atoms with E-state index in [4.69, 9.17) is 9.16 Å². The van der Waals surface area contributed by atoms with Crippen LogP contribution in [0.2, 0.25) is 0 Å². The van der Waals surface area contributed by atoms with Crippen molar-refractivity contribution in [2.75, 3.05) is 7.11 Å². The van der Waals surface area contributed by atoms with Gasteiger partial charge in [0, 0.05) is 7.11 Å². The van der Waals surface area contributed by atoms with Gasteiger partial charge < -0.3 is 9.16 Å². The van der Waals surface area contributed by atoms with Crippen LogP contribution in [0.1, 0.15) is 6.92 Å². The molecule has 10 heavy (non-hydrogen) atoms. The Hall–Kier alpha value is -0.383. The van der Waals surface area contributed by atoms with Crippen LogP contribution in [0.4, 0.5) is 0 Å². The molecule has 0 aromatic carbocycles. The van der Waals surface area contributed by atoms with Crippen molar-refractivity contribution in [3.63, 3.8) is 0 Å². The molecule has 1 unspecified atom stereocenters. The summed E-state index contributed by atoms with van der Waals surface area (Å²) in [6.45, 7) is 9.11. The first-order chi connectivity index (χ1) is 4.74. The zero-order valence-electron chi connectivity index (χ0n) is 6.54. The summed E-state index contributed by atoms with van der Waals surface area (Å²) < 4.78 is 10.3. The van der Waals surface area contributed by atoms with E-state index in [-0.39, 0.29) is 6.29 Å². The normalized spacial score (nSPS) is 13.1. The third-order valence-electron chi connectivity index (χ3n) is 1.15. The van der Waals surface area contributed by atoms with Gasteiger partial charge in [-0.25, -0.2) is 0 Å². The molecule has 0 aliphatic carbocycles. The quantitative estimate of drug-likeness (QED) is 0.442. The Kier molecular flexibility index (Phi) is 5.20. The molecule has 0 radical (unpaired) electrons. The molecule has 0 saturated carbocycles. The molecule has 0 aliphatic rings. The lowest BCUT2D eigenvalue weighted by Crippen LogP contribution is -2.21. The van der Waals surface area contributed by atoms with Crippen LogP contribution in [0.3, 0.4) is 0 Å². The zero-order valence-corrected chi connectivity index (χ0v) is 7.69. The van der Waals surface area contributed by atoms with Crippen LogP contribution < -0.4 is 0 Å². The minimum Gasteiger partial charge on any atom is -0.388 e. The lowest BCUT2D eigenvalue weighted by Gasteiger charge is -2.13. The summed E-state index contributed by atoms with van der Waals surface area (Å²) in [5, 5.41) is 0. The maximum Gasteiger partial charge on any atom is 0.227 e. The molecule has 0 amide bonds. The molecule has 1 atom stereocenters. The Bertz CT molecular complexity index is 106. The van der Waals surface area contributed by atoms with Crippen LogP contribution >= 0.6 is 0 Å². The average Bonchev–Trinajstić information content (AvgIpc) is 1.99. The van der Waals surface area contributed by atoms with E-state index in [0.717, 1.165) is 0 Å². The SMILES string of the molecule is C=C[SiH](C=C)OC(C)OC. The fraction of sp³-hybridized carbons (Fsp3) is 0.429. The van der Waals surface area contributed by atoms with Gasteiger partial charge in [-0.05, 0) is 6.92 Å². The largest absolute Gasteiger partial charge is 0.388 e. The van der Waals surface area contributed by atoms with E-state index in [2.05, 4.69) is 13.2 Å². The summed E-state index contributed by atoms with van der Waals surface area (Å²) in [6.07, 6.45) is -0.146. The molecule has 0 aromatic rings. The Balaban J connectivity index is 3.61. The van der Waals surface area contributed by atoms with E-state index in [1.165, 1.54) is 0 Å². The van der Waals surface area contributed by atoms with Crippen LogP contribution in [0.5, 0.6) is 0 Å². The first kappa shape index (κ1) is 9.62. The van der Waals surface area contributed by atoms with E-state index >= 15 is 0 Å². The van der Waals surface area contributed by atoms with Gasteiger partial charge in [0.2, 0.25) is 9.04 Å². The Morgan fingerprint density at radius 2 is 1.90 bits per heavy atom. The summed E-state index contributed by atoms with van der Waals surface area (Å²) in [7, 11) is 0.249. The number of methoxy groups -OCH3 is 1. The van der Waals surface area contributed by atoms with Crippen LogP contribution in [0.25, 0.3) is 0 Å². The first-order valence-electron chi connectivity index (χ1n) is 3.18. The maximum absolute atomic E-state index is 5.38. The number of ether oxygens (including phenoxy) is 1. The van der Waals surface area contributed by atoms with Gasteiger partial charge in [-0.2, -0.15) is 0 Å². The molecular weight excluding hydrogens is 144 g/mol. The van der Waals surface area contributed by atoms with Crippen molar-refractivity contribution < 1.29 is 9.16 Å². The Morgan fingerprint density at radius 3 is 2.20 bits per heavy atom. The van der Waals surface area contributed by atoms with Crippen LogP contribution in [0.15, 0.2) is 24.6 Å². The van der Waals surface area contributed by atoms with Crippen molar-refractivity contribution in [2.24, 2.45) is 0 Å². The predicted molar refractivity (Wildman–Crippen MR) is 45.1 cm³/mol. The fourth-order valence-corrected chi connectivity index (χ4v) is 1.45. The summed E-state index contributed by atoms with van der Waals surface area (Å²) >= 11 is 0. The topological polar surface area (TPSA) is 18.5 Å². The summed E-state index contributed by atoms with van der Waals surface area (Å²) in [5.41, 5.74) is 3.62. The van der Waals surface area contributed by atoms with Crippen molar-refractivity contribution in [3.05, 3.63) is 24.6 Å². The van der Waals surface area contributed by atoms with E-state index in [0.29, 0.717) is 0 Å². The monoisotopic (exact) mass is 158 g/mol. The fourth-order valence-electron chi connectivity index (χ4n) is 0.484. The van der Waals surface area contributed by atoms with Gasteiger partial charge in [0.15, 0.2) is 0 Å². The molecular formula is C7H14O2Si. The minimum atomic E-state index is -1.36. The molecule has 2 nitrogen and oxygen atoms in total. The van der Waals surface area contributed by atoms with Gasteiger partial charge in [0.25, 0.3) is 0 Å². The molecule has 0 fully saturated rings. The first-order valence-corrected chi connectivity index (χ1v) is 4.98. The highest BCUT2D eigenvalue weighted by atomic mass is 28.3. The van der Waals surface area contributed by atoms with E-state index in [9.17, 15) is 0 Å². The minimum absolute atomic E-state index is 0.146. The molecule has 0 saturated heterocycles. The molecule has 0 aliphatic heterocycles. The van der Waals surface area contributed by atoms with Crippen LogP contribution in [-0.4, -0.2) is 22.4 Å². The molecule has 0 bridgehead atoms. The number of rotatable bonds is 5. The highest BCUT2D eigenvalue weighted by molar-refractivity contribution is 6.62. The summed E-state index contributed by atoms with van der Waals surface area (Å²) in [5.74, 6) is 0. The third kappa shape index (κ3) is 3.61. The second kappa shape index (κ2) is 5.41. The van der Waals surface area contributed by atoms with Crippen molar-refractivity contribution in [2.45, 2.75) is 13.2 Å². The summed E-state index contributed by atoms with van der Waals surface area (Å²) in [6, 6.07) is 0. The Labute approximate surface area is 63.9 Å². The standard InChI is InChI=1S/C7H14O2Si/c1-5-10(6-2)9-7(3)8-4/h5-7,10H,1-2H2,3-4H3. The second-order valence-corrected chi connectivity index (χ2v) is 4.02. The highest BCUT2D eigenvalue weighted by Crippen LogP contribution is 1.96. The highest BCUT2D eigenvalue weighted by Gasteiger charge is 2.05. The molecule has 58 valence electrons. The van der Waals surface area contributed by atoms with E-state index in [1.54, 1.807) is 7.11 Å². The van der Waals surface area contributed by atoms with Gasteiger partial charge in [0.05, 0.1) is 0 Å². The van der Waals surface area contributed by atoms with Crippen LogP contribution in [0, 0.1) is 0 Å². The lowest BCUT2D eigenvalue weighted by molar-refractivity contribution is -0.0385. The second-order valence-electron chi connectivity index (χ2n) is 1.88. The zero-order chi connectivity index (χ0) is 7.98. The van der Waals surface area contributed by atoms with Gasteiger partial charge >= 0.3 is 0 Å².